The fraction of sp³-hybridized carbons (Fsp3) is 0.545. The Kier molecular flexibility index (Phi) is 6.10. The Morgan fingerprint density at radius 3 is 2.83 bits per heavy atom. The highest BCUT2D eigenvalue weighted by molar-refractivity contribution is 6.30. The molecule has 1 amide bonds. The van der Waals surface area contributed by atoms with Gasteiger partial charge in [-0.25, -0.2) is 0 Å². The van der Waals surface area contributed by atoms with Crippen molar-refractivity contribution in [1.82, 2.24) is 15.1 Å². The Balaban J connectivity index is 1.07. The van der Waals surface area contributed by atoms with Crippen molar-refractivity contribution < 1.29 is 37.4 Å². The lowest BCUT2D eigenvalue weighted by molar-refractivity contribution is -0.325. The van der Waals surface area contributed by atoms with Gasteiger partial charge in [0.1, 0.15) is 5.75 Å². The summed E-state index contributed by atoms with van der Waals surface area (Å²) in [5, 5.41) is 18.3. The standard InChI is InChI=1S/C22H24ClF3N4O5/c23-13-2-3-17-15(6-13)16(31)7-18(35-17)19(32)28-20-10-21(11-20,12-20)30-9-14(8-27-30)29-34-5-1-4-33-22(24,25)26/h2-3,6,8-9,16,18,29,31H,1,4-5,7,10-12H2,(H,28,32)/t16-,18-,20?,21?/m1/s1. The molecule has 3 fully saturated rings. The number of rotatable bonds is 9. The maximum atomic E-state index is 12.9. The Morgan fingerprint density at radius 1 is 1.31 bits per heavy atom. The molecule has 13 heteroatoms. The fourth-order valence-corrected chi connectivity index (χ4v) is 5.30. The molecule has 3 aliphatic carbocycles. The van der Waals surface area contributed by atoms with E-state index < -0.39 is 25.2 Å². The molecule has 2 aromatic rings. The summed E-state index contributed by atoms with van der Waals surface area (Å²) in [5.41, 5.74) is 3.31. The summed E-state index contributed by atoms with van der Waals surface area (Å²) in [5.74, 6) is 0.192. The molecule has 1 aromatic carbocycles. The Hall–Kier alpha value is -2.54. The number of halogens is 4. The summed E-state index contributed by atoms with van der Waals surface area (Å²) < 4.78 is 47.1. The van der Waals surface area contributed by atoms with Crippen LogP contribution in [0.1, 0.15) is 43.8 Å². The second-order valence-corrected chi connectivity index (χ2v) is 9.77. The summed E-state index contributed by atoms with van der Waals surface area (Å²) in [6, 6.07) is 4.94. The van der Waals surface area contributed by atoms with E-state index in [0.29, 0.717) is 41.3 Å². The van der Waals surface area contributed by atoms with E-state index in [2.05, 4.69) is 20.6 Å². The normalized spacial score (nSPS) is 28.8. The number of alkyl halides is 3. The van der Waals surface area contributed by atoms with Crippen molar-refractivity contribution in [2.45, 2.75) is 61.8 Å². The van der Waals surface area contributed by atoms with Crippen LogP contribution >= 0.6 is 11.6 Å². The van der Waals surface area contributed by atoms with E-state index in [1.807, 2.05) is 4.68 Å². The molecule has 4 aliphatic rings. The number of amides is 1. The van der Waals surface area contributed by atoms with Gasteiger partial charge in [0.05, 0.1) is 42.9 Å². The Bertz CT molecular complexity index is 1090. The van der Waals surface area contributed by atoms with Crippen LogP contribution in [0.15, 0.2) is 30.6 Å². The molecular weight excluding hydrogens is 493 g/mol. The van der Waals surface area contributed by atoms with Gasteiger partial charge in [-0.15, -0.1) is 13.2 Å². The maximum absolute atomic E-state index is 12.9. The summed E-state index contributed by atoms with van der Waals surface area (Å²) in [7, 11) is 0. The molecule has 1 aliphatic heterocycles. The van der Waals surface area contributed by atoms with E-state index >= 15 is 0 Å². The van der Waals surface area contributed by atoms with Crippen molar-refractivity contribution in [3.8, 4) is 5.75 Å². The van der Waals surface area contributed by atoms with Gasteiger partial charge in [0.15, 0.2) is 6.10 Å². The van der Waals surface area contributed by atoms with Crippen molar-refractivity contribution in [3.05, 3.63) is 41.2 Å². The number of hydrogen-bond acceptors (Lipinski definition) is 7. The van der Waals surface area contributed by atoms with Gasteiger partial charge in [-0.1, -0.05) is 11.6 Å². The molecule has 190 valence electrons. The van der Waals surface area contributed by atoms with Gasteiger partial charge in [-0.05, 0) is 43.9 Å². The SMILES string of the molecule is O=C(NC12CC(n3cc(NOCCCOC(F)(F)F)cn3)(C1)C2)[C@H]1C[C@@H](O)c2cc(Cl)ccc2O1. The van der Waals surface area contributed by atoms with Crippen molar-refractivity contribution in [2.24, 2.45) is 0 Å². The Labute approximate surface area is 203 Å². The summed E-state index contributed by atoms with van der Waals surface area (Å²) in [6.07, 6.45) is -0.565. The third kappa shape index (κ3) is 4.92. The molecule has 2 bridgehead atoms. The summed E-state index contributed by atoms with van der Waals surface area (Å²) >= 11 is 5.98. The van der Waals surface area contributed by atoms with E-state index in [9.17, 15) is 23.1 Å². The van der Waals surface area contributed by atoms with Crippen LogP contribution in [0.25, 0.3) is 0 Å². The van der Waals surface area contributed by atoms with Crippen LogP contribution in [0, 0.1) is 0 Å². The van der Waals surface area contributed by atoms with Crippen molar-refractivity contribution in [3.63, 3.8) is 0 Å². The zero-order chi connectivity index (χ0) is 24.8. The highest BCUT2D eigenvalue weighted by Crippen LogP contribution is 2.65. The molecular formula is C22H24ClF3N4O5. The maximum Gasteiger partial charge on any atom is 0.522 e. The minimum Gasteiger partial charge on any atom is -0.480 e. The number of aliphatic hydroxyl groups is 1. The van der Waals surface area contributed by atoms with E-state index in [0.717, 1.165) is 0 Å². The number of hydrogen-bond donors (Lipinski definition) is 3. The van der Waals surface area contributed by atoms with Gasteiger partial charge in [-0.2, -0.15) is 5.10 Å². The molecule has 0 spiro atoms. The lowest BCUT2D eigenvalue weighted by Gasteiger charge is -2.70. The number of anilines is 1. The van der Waals surface area contributed by atoms with Crippen LogP contribution < -0.4 is 15.5 Å². The molecule has 3 N–H and O–H groups in total. The highest BCUT2D eigenvalue weighted by Gasteiger charge is 2.70. The van der Waals surface area contributed by atoms with Crippen LogP contribution in [0.4, 0.5) is 18.9 Å². The number of carbonyl (C=O) groups excluding carboxylic acids is 1. The average molecular weight is 517 g/mol. The molecule has 1 aromatic heterocycles. The molecule has 35 heavy (non-hydrogen) atoms. The molecule has 3 saturated carbocycles. The first-order valence-corrected chi connectivity index (χ1v) is 11.5. The van der Waals surface area contributed by atoms with Gasteiger partial charge < -0.3 is 15.2 Å². The quantitative estimate of drug-likeness (QED) is 0.346. The van der Waals surface area contributed by atoms with E-state index in [1.165, 1.54) is 0 Å². The summed E-state index contributed by atoms with van der Waals surface area (Å²) in [6.45, 7) is -0.440. The van der Waals surface area contributed by atoms with Gasteiger partial charge in [0.2, 0.25) is 0 Å². The smallest absolute Gasteiger partial charge is 0.480 e. The van der Waals surface area contributed by atoms with Crippen molar-refractivity contribution in [1.29, 1.82) is 0 Å². The van der Waals surface area contributed by atoms with Gasteiger partial charge in [-0.3, -0.25) is 24.5 Å². The first-order chi connectivity index (χ1) is 16.6. The minimum atomic E-state index is -4.64. The monoisotopic (exact) mass is 516 g/mol. The van der Waals surface area contributed by atoms with Gasteiger partial charge in [0.25, 0.3) is 5.91 Å². The first-order valence-electron chi connectivity index (χ1n) is 11.2. The van der Waals surface area contributed by atoms with Crippen LogP contribution in [-0.4, -0.2) is 52.0 Å². The number of aliphatic hydroxyl groups excluding tert-OH is 1. The van der Waals surface area contributed by atoms with E-state index in [-0.39, 0.29) is 36.4 Å². The number of fused-ring (bicyclic) bond motifs is 1. The predicted molar refractivity (Wildman–Crippen MR) is 117 cm³/mol. The molecule has 0 saturated heterocycles. The number of carbonyl (C=O) groups is 1. The van der Waals surface area contributed by atoms with Crippen LogP contribution in [-0.2, 0) is 19.9 Å². The molecule has 9 nitrogen and oxygen atoms in total. The van der Waals surface area contributed by atoms with Crippen molar-refractivity contribution in [2.75, 3.05) is 18.7 Å². The highest BCUT2D eigenvalue weighted by atomic mass is 35.5. The van der Waals surface area contributed by atoms with Gasteiger partial charge in [0, 0.05) is 22.5 Å². The fourth-order valence-electron chi connectivity index (χ4n) is 5.12. The molecule has 6 rings (SSSR count). The lowest BCUT2D eigenvalue weighted by Crippen LogP contribution is -2.79. The predicted octanol–water partition coefficient (Wildman–Crippen LogP) is 3.44. The molecule has 0 radical (unpaired) electrons. The number of nitrogens with one attached hydrogen (secondary N) is 2. The Morgan fingerprint density at radius 2 is 2.09 bits per heavy atom. The third-order valence-corrected chi connectivity index (χ3v) is 6.87. The van der Waals surface area contributed by atoms with Crippen LogP contribution in [0.5, 0.6) is 5.75 Å². The van der Waals surface area contributed by atoms with Crippen LogP contribution in [0.2, 0.25) is 5.02 Å². The second-order valence-electron chi connectivity index (χ2n) is 9.34. The third-order valence-electron chi connectivity index (χ3n) is 6.64. The zero-order valence-electron chi connectivity index (χ0n) is 18.5. The molecule has 2 atom stereocenters. The average Bonchev–Trinajstić information content (AvgIpc) is 3.20. The summed E-state index contributed by atoms with van der Waals surface area (Å²) in [4.78, 5) is 18.0. The lowest BCUT2D eigenvalue weighted by atomic mass is 9.44. The van der Waals surface area contributed by atoms with Crippen molar-refractivity contribution >= 4 is 23.2 Å². The number of benzene rings is 1. The minimum absolute atomic E-state index is 0.0387. The van der Waals surface area contributed by atoms with Gasteiger partial charge >= 0.3 is 6.36 Å². The van der Waals surface area contributed by atoms with E-state index in [1.54, 1.807) is 30.6 Å². The zero-order valence-corrected chi connectivity index (χ0v) is 19.2. The van der Waals surface area contributed by atoms with Crippen LogP contribution in [0.3, 0.4) is 0 Å². The largest absolute Gasteiger partial charge is 0.522 e. The first kappa shape index (κ1) is 24.2. The number of ether oxygens (including phenoxy) is 2. The molecule has 2 heterocycles. The molecule has 0 unspecified atom stereocenters. The van der Waals surface area contributed by atoms with E-state index in [4.69, 9.17) is 21.2 Å². The number of aromatic nitrogens is 2. The second kappa shape index (κ2) is 8.84. The topological polar surface area (TPSA) is 107 Å². The number of nitrogens with zero attached hydrogens (tertiary/aromatic N) is 2.